The van der Waals surface area contributed by atoms with E-state index in [1.165, 1.54) is 8.61 Å². The van der Waals surface area contributed by atoms with Crippen LogP contribution in [0.4, 0.5) is 0 Å². The molecule has 0 amide bonds. The Bertz CT molecular complexity index is 424. The second-order valence-corrected chi connectivity index (χ2v) is 7.56. The van der Waals surface area contributed by atoms with E-state index in [2.05, 4.69) is 0 Å². The van der Waals surface area contributed by atoms with Gasteiger partial charge in [0.05, 0.1) is 5.92 Å². The van der Waals surface area contributed by atoms with Gasteiger partial charge < -0.3 is 10.0 Å². The molecule has 1 aliphatic heterocycles. The lowest BCUT2D eigenvalue weighted by Crippen LogP contribution is -2.48. The van der Waals surface area contributed by atoms with Gasteiger partial charge in [0.2, 0.25) is 0 Å². The van der Waals surface area contributed by atoms with Crippen molar-refractivity contribution in [2.75, 3.05) is 47.3 Å². The second-order valence-electron chi connectivity index (χ2n) is 5.52. The number of carbonyl (C=O) groups is 1. The highest BCUT2D eigenvalue weighted by atomic mass is 32.2. The maximum Gasteiger partial charge on any atom is 0.307 e. The minimum Gasteiger partial charge on any atom is -0.481 e. The summed E-state index contributed by atoms with van der Waals surface area (Å²) in [4.78, 5) is 13.0. The van der Waals surface area contributed by atoms with Gasteiger partial charge in [0, 0.05) is 26.7 Å². The summed E-state index contributed by atoms with van der Waals surface area (Å²) in [6, 6.07) is 0. The highest BCUT2D eigenvalue weighted by molar-refractivity contribution is 7.86. The fraction of sp³-hybridized carbons (Fsp3) is 0.917. The number of piperidine rings is 1. The Hall–Kier alpha value is -0.700. The molecule has 1 N–H and O–H groups in total. The Balaban J connectivity index is 2.60. The first kappa shape index (κ1) is 17.4. The first-order valence-corrected chi connectivity index (χ1v) is 8.23. The number of aliphatic carboxylic acids is 1. The molecule has 7 nitrogen and oxygen atoms in total. The van der Waals surface area contributed by atoms with Crippen LogP contribution in [0.25, 0.3) is 0 Å². The van der Waals surface area contributed by atoms with Gasteiger partial charge in [0.1, 0.15) is 0 Å². The number of carboxylic acids is 1. The summed E-state index contributed by atoms with van der Waals surface area (Å²) in [5.41, 5.74) is 0. The van der Waals surface area contributed by atoms with Crippen LogP contribution in [-0.2, 0) is 15.0 Å². The molecular formula is C12H25N3O4S. The molecule has 8 heteroatoms. The summed E-state index contributed by atoms with van der Waals surface area (Å²) < 4.78 is 27.4. The summed E-state index contributed by atoms with van der Waals surface area (Å²) in [6.07, 6.45) is 1.90. The van der Waals surface area contributed by atoms with E-state index < -0.39 is 22.1 Å². The van der Waals surface area contributed by atoms with Crippen molar-refractivity contribution >= 4 is 16.2 Å². The SMILES string of the molecule is CN(C)CCCN(C)S(=O)(=O)N1CCCC(C(=O)O)C1. The zero-order valence-corrected chi connectivity index (χ0v) is 13.3. The summed E-state index contributed by atoms with van der Waals surface area (Å²) in [5, 5.41) is 9.02. The van der Waals surface area contributed by atoms with E-state index in [1.807, 2.05) is 19.0 Å². The number of carboxylic acid groups (broad SMARTS) is 1. The lowest BCUT2D eigenvalue weighted by atomic mass is 10.0. The maximum atomic E-state index is 12.4. The molecule has 118 valence electrons. The third kappa shape index (κ3) is 4.69. The normalized spacial score (nSPS) is 21.6. The van der Waals surface area contributed by atoms with Crippen LogP contribution < -0.4 is 0 Å². The third-order valence-electron chi connectivity index (χ3n) is 3.53. The molecule has 0 bridgehead atoms. The molecule has 1 rings (SSSR count). The summed E-state index contributed by atoms with van der Waals surface area (Å²) in [5.74, 6) is -1.51. The van der Waals surface area contributed by atoms with Crippen molar-refractivity contribution in [3.8, 4) is 0 Å². The van der Waals surface area contributed by atoms with Crippen LogP contribution in [0.1, 0.15) is 19.3 Å². The Kier molecular flexibility index (Phi) is 6.38. The van der Waals surface area contributed by atoms with E-state index >= 15 is 0 Å². The molecule has 1 atom stereocenters. The van der Waals surface area contributed by atoms with Crippen molar-refractivity contribution in [2.24, 2.45) is 5.92 Å². The monoisotopic (exact) mass is 307 g/mol. The van der Waals surface area contributed by atoms with Gasteiger partial charge in [-0.2, -0.15) is 17.0 Å². The molecule has 0 aromatic carbocycles. The molecule has 1 aliphatic rings. The van der Waals surface area contributed by atoms with Crippen molar-refractivity contribution in [2.45, 2.75) is 19.3 Å². The van der Waals surface area contributed by atoms with Crippen LogP contribution in [0.3, 0.4) is 0 Å². The molecule has 0 aliphatic carbocycles. The first-order chi connectivity index (χ1) is 9.25. The Morgan fingerprint density at radius 2 is 1.95 bits per heavy atom. The van der Waals surface area contributed by atoms with Gasteiger partial charge >= 0.3 is 5.97 Å². The van der Waals surface area contributed by atoms with Crippen LogP contribution in [0, 0.1) is 5.92 Å². The lowest BCUT2D eigenvalue weighted by molar-refractivity contribution is -0.142. The van der Waals surface area contributed by atoms with Gasteiger partial charge in [0.25, 0.3) is 10.2 Å². The van der Waals surface area contributed by atoms with E-state index in [4.69, 9.17) is 5.11 Å². The Labute approximate surface area is 121 Å². The molecule has 0 aromatic heterocycles. The van der Waals surface area contributed by atoms with Crippen molar-refractivity contribution in [1.29, 1.82) is 0 Å². The predicted octanol–water partition coefficient (Wildman–Crippen LogP) is -0.0887. The zero-order chi connectivity index (χ0) is 15.3. The molecule has 0 spiro atoms. The van der Waals surface area contributed by atoms with Gasteiger partial charge in [-0.05, 0) is 39.9 Å². The average molecular weight is 307 g/mol. The molecular weight excluding hydrogens is 282 g/mol. The average Bonchev–Trinajstić information content (AvgIpc) is 2.38. The van der Waals surface area contributed by atoms with Gasteiger partial charge in [-0.15, -0.1) is 0 Å². The highest BCUT2D eigenvalue weighted by Crippen LogP contribution is 2.20. The van der Waals surface area contributed by atoms with Crippen molar-refractivity contribution in [1.82, 2.24) is 13.5 Å². The second kappa shape index (κ2) is 7.35. The number of hydrogen-bond acceptors (Lipinski definition) is 4. The summed E-state index contributed by atoms with van der Waals surface area (Å²) in [6.45, 7) is 1.74. The number of nitrogens with zero attached hydrogens (tertiary/aromatic N) is 3. The molecule has 0 aromatic rings. The standard InChI is InChI=1S/C12H25N3O4S/c1-13(2)7-5-8-14(3)20(18,19)15-9-4-6-11(10-15)12(16)17/h11H,4-10H2,1-3H3,(H,16,17). The van der Waals surface area contributed by atoms with Gasteiger partial charge in [-0.1, -0.05) is 0 Å². The third-order valence-corrected chi connectivity index (χ3v) is 5.49. The maximum absolute atomic E-state index is 12.4. The quantitative estimate of drug-likeness (QED) is 0.711. The van der Waals surface area contributed by atoms with Crippen LogP contribution in [0.5, 0.6) is 0 Å². The smallest absolute Gasteiger partial charge is 0.307 e. The molecule has 20 heavy (non-hydrogen) atoms. The molecule has 1 saturated heterocycles. The summed E-state index contributed by atoms with van der Waals surface area (Å²) in [7, 11) is 1.89. The topological polar surface area (TPSA) is 81.2 Å². The fourth-order valence-corrected chi connectivity index (χ4v) is 3.76. The van der Waals surface area contributed by atoms with E-state index in [0.717, 1.165) is 13.0 Å². The minimum absolute atomic E-state index is 0.0791. The van der Waals surface area contributed by atoms with Crippen molar-refractivity contribution in [3.05, 3.63) is 0 Å². The first-order valence-electron chi connectivity index (χ1n) is 6.84. The van der Waals surface area contributed by atoms with Gasteiger partial charge in [0.15, 0.2) is 0 Å². The van der Waals surface area contributed by atoms with Gasteiger partial charge in [-0.3, -0.25) is 4.79 Å². The highest BCUT2D eigenvalue weighted by Gasteiger charge is 2.34. The van der Waals surface area contributed by atoms with Crippen molar-refractivity contribution in [3.63, 3.8) is 0 Å². The van der Waals surface area contributed by atoms with Crippen LogP contribution >= 0.6 is 0 Å². The molecule has 0 radical (unpaired) electrons. The van der Waals surface area contributed by atoms with Gasteiger partial charge in [-0.25, -0.2) is 0 Å². The fourth-order valence-electron chi connectivity index (χ4n) is 2.28. The van der Waals surface area contributed by atoms with E-state index in [0.29, 0.717) is 25.9 Å². The Morgan fingerprint density at radius 1 is 1.30 bits per heavy atom. The lowest BCUT2D eigenvalue weighted by Gasteiger charge is -2.33. The van der Waals surface area contributed by atoms with E-state index in [9.17, 15) is 13.2 Å². The van der Waals surface area contributed by atoms with Crippen LogP contribution in [-0.4, -0.2) is 80.3 Å². The minimum atomic E-state index is -3.54. The largest absolute Gasteiger partial charge is 0.481 e. The van der Waals surface area contributed by atoms with Crippen molar-refractivity contribution < 1.29 is 18.3 Å². The molecule has 1 fully saturated rings. The van der Waals surface area contributed by atoms with Crippen LogP contribution in [0.15, 0.2) is 0 Å². The van der Waals surface area contributed by atoms with E-state index in [-0.39, 0.29) is 6.54 Å². The van der Waals surface area contributed by atoms with E-state index in [1.54, 1.807) is 7.05 Å². The molecule has 0 saturated carbocycles. The Morgan fingerprint density at radius 3 is 2.50 bits per heavy atom. The zero-order valence-electron chi connectivity index (χ0n) is 12.4. The van der Waals surface area contributed by atoms with Crippen LogP contribution in [0.2, 0.25) is 0 Å². The summed E-state index contributed by atoms with van der Waals surface area (Å²) >= 11 is 0. The molecule has 1 unspecified atom stereocenters. The predicted molar refractivity (Wildman–Crippen MR) is 76.7 cm³/mol. The number of rotatable bonds is 7. The molecule has 1 heterocycles. The number of hydrogen-bond donors (Lipinski definition) is 1.